The highest BCUT2D eigenvalue weighted by molar-refractivity contribution is 7.99. The Kier molecular flexibility index (Phi) is 6.05. The van der Waals surface area contributed by atoms with Crippen molar-refractivity contribution in [3.8, 4) is 0 Å². The van der Waals surface area contributed by atoms with Crippen molar-refractivity contribution >= 4 is 56.6 Å². The predicted octanol–water partition coefficient (Wildman–Crippen LogP) is 3.10. The number of carbonyl (C=O) groups excluding carboxylic acids is 2. The van der Waals surface area contributed by atoms with Gasteiger partial charge < -0.3 is 20.9 Å². The molecule has 1 aromatic carbocycles. The zero-order chi connectivity index (χ0) is 21.1. The number of amides is 3. The molecule has 0 atom stereocenters. The number of urea groups is 1. The van der Waals surface area contributed by atoms with Crippen LogP contribution in [0, 0.1) is 0 Å². The van der Waals surface area contributed by atoms with Crippen LogP contribution in [0.15, 0.2) is 29.1 Å². The molecule has 0 radical (unpaired) electrons. The monoisotopic (exact) mass is 443 g/mol. The van der Waals surface area contributed by atoms with Crippen molar-refractivity contribution in [2.75, 3.05) is 23.4 Å². The lowest BCUT2D eigenvalue weighted by Crippen LogP contribution is -2.24. The molecule has 0 aliphatic heterocycles. The first-order valence-electron chi connectivity index (χ1n) is 9.53. The number of fused-ring (bicyclic) bond motifs is 3. The number of aromatic amines is 1. The molecular formula is C20H21N5O3S2. The number of anilines is 2. The predicted molar refractivity (Wildman–Crippen MR) is 122 cm³/mol. The van der Waals surface area contributed by atoms with E-state index >= 15 is 0 Å². The Hall–Kier alpha value is -2.85. The summed E-state index contributed by atoms with van der Waals surface area (Å²) in [7, 11) is 1.54. The molecule has 156 valence electrons. The van der Waals surface area contributed by atoms with Gasteiger partial charge in [-0.25, -0.2) is 9.78 Å². The summed E-state index contributed by atoms with van der Waals surface area (Å²) in [4.78, 5) is 45.5. The third-order valence-electron chi connectivity index (χ3n) is 4.75. The van der Waals surface area contributed by atoms with E-state index in [9.17, 15) is 14.4 Å². The van der Waals surface area contributed by atoms with Crippen LogP contribution in [-0.2, 0) is 23.4 Å². The number of aromatic nitrogens is 2. The second-order valence-electron chi connectivity index (χ2n) is 6.87. The molecule has 2 heterocycles. The first-order chi connectivity index (χ1) is 14.5. The minimum atomic E-state index is -0.305. The summed E-state index contributed by atoms with van der Waals surface area (Å²) >= 11 is 3.00. The Morgan fingerprint density at radius 1 is 1.17 bits per heavy atom. The van der Waals surface area contributed by atoms with Gasteiger partial charge in [0.05, 0.1) is 16.9 Å². The quantitative estimate of drug-likeness (QED) is 0.467. The fourth-order valence-corrected chi connectivity index (χ4v) is 5.35. The van der Waals surface area contributed by atoms with Crippen LogP contribution < -0.4 is 21.5 Å². The Morgan fingerprint density at radius 3 is 2.63 bits per heavy atom. The summed E-state index contributed by atoms with van der Waals surface area (Å²) in [5.41, 5.74) is 2.36. The van der Waals surface area contributed by atoms with Gasteiger partial charge in [-0.1, -0.05) is 0 Å². The van der Waals surface area contributed by atoms with E-state index in [1.54, 1.807) is 35.6 Å². The molecule has 2 aromatic heterocycles. The number of hydrogen-bond donors (Lipinski definition) is 4. The van der Waals surface area contributed by atoms with Crippen molar-refractivity contribution in [2.24, 2.45) is 0 Å². The number of nitrogens with zero attached hydrogens (tertiary/aromatic N) is 1. The third-order valence-corrected chi connectivity index (χ3v) is 6.88. The van der Waals surface area contributed by atoms with Crippen LogP contribution in [-0.4, -0.2) is 34.7 Å². The molecule has 3 amide bonds. The Balaban J connectivity index is 1.30. The SMILES string of the molecule is CNC(=O)Nc1ccc(NC(=O)CSCc2nc3sc4c(c3c(=O)[nH]2)CCC4)cc1. The molecular weight excluding hydrogens is 422 g/mol. The van der Waals surface area contributed by atoms with Gasteiger partial charge in [-0.2, -0.15) is 0 Å². The van der Waals surface area contributed by atoms with Gasteiger partial charge in [0, 0.05) is 23.3 Å². The Bertz CT molecular complexity index is 1150. The number of thiophene rings is 1. The van der Waals surface area contributed by atoms with Crippen LogP contribution in [0.4, 0.5) is 16.2 Å². The number of hydrogen-bond acceptors (Lipinski definition) is 6. The van der Waals surface area contributed by atoms with E-state index in [-0.39, 0.29) is 23.3 Å². The van der Waals surface area contributed by atoms with E-state index in [4.69, 9.17) is 0 Å². The van der Waals surface area contributed by atoms with Gasteiger partial charge in [0.25, 0.3) is 5.56 Å². The maximum absolute atomic E-state index is 12.5. The van der Waals surface area contributed by atoms with Crippen LogP contribution >= 0.6 is 23.1 Å². The first kappa shape index (κ1) is 20.4. The van der Waals surface area contributed by atoms with Gasteiger partial charge in [-0.15, -0.1) is 23.1 Å². The normalized spacial score (nSPS) is 12.6. The standard InChI is InChI=1S/C20H21N5O3S2/c1-21-20(28)23-12-7-5-11(6-8-12)22-16(26)10-29-9-15-24-18(27)17-13-3-2-4-14(13)30-19(17)25-15/h5-8H,2-4,9-10H2,1H3,(H,22,26)(H2,21,23,28)(H,24,25,27). The highest BCUT2D eigenvalue weighted by Gasteiger charge is 2.21. The minimum Gasteiger partial charge on any atom is -0.341 e. The second kappa shape index (κ2) is 8.88. The molecule has 0 unspecified atom stereocenters. The van der Waals surface area contributed by atoms with Gasteiger partial charge in [-0.3, -0.25) is 9.59 Å². The van der Waals surface area contributed by atoms with Gasteiger partial charge in [0.1, 0.15) is 10.7 Å². The molecule has 1 aliphatic carbocycles. The minimum absolute atomic E-state index is 0.0788. The molecule has 0 bridgehead atoms. The Labute approximate surface area is 180 Å². The molecule has 30 heavy (non-hydrogen) atoms. The zero-order valence-corrected chi connectivity index (χ0v) is 18.0. The average molecular weight is 444 g/mol. The Morgan fingerprint density at radius 2 is 1.90 bits per heavy atom. The lowest BCUT2D eigenvalue weighted by atomic mass is 10.2. The van der Waals surface area contributed by atoms with E-state index in [1.165, 1.54) is 29.3 Å². The van der Waals surface area contributed by atoms with Crippen molar-refractivity contribution in [3.05, 3.63) is 50.9 Å². The third kappa shape index (κ3) is 4.49. The molecule has 0 fully saturated rings. The van der Waals surface area contributed by atoms with Gasteiger partial charge >= 0.3 is 6.03 Å². The van der Waals surface area contributed by atoms with Crippen LogP contribution in [0.1, 0.15) is 22.7 Å². The smallest absolute Gasteiger partial charge is 0.318 e. The van der Waals surface area contributed by atoms with Crippen molar-refractivity contribution in [3.63, 3.8) is 0 Å². The number of aryl methyl sites for hydroxylation is 2. The topological polar surface area (TPSA) is 116 Å². The number of rotatable bonds is 6. The molecule has 4 rings (SSSR count). The summed E-state index contributed by atoms with van der Waals surface area (Å²) in [6.07, 6.45) is 3.09. The highest BCUT2D eigenvalue weighted by Crippen LogP contribution is 2.34. The van der Waals surface area contributed by atoms with E-state index in [1.807, 2.05) is 0 Å². The number of benzene rings is 1. The molecule has 10 heteroatoms. The van der Waals surface area contributed by atoms with E-state index in [2.05, 4.69) is 25.9 Å². The average Bonchev–Trinajstić information content (AvgIpc) is 3.30. The summed E-state index contributed by atoms with van der Waals surface area (Å²) < 4.78 is 0. The van der Waals surface area contributed by atoms with E-state index < -0.39 is 0 Å². The largest absolute Gasteiger partial charge is 0.341 e. The van der Waals surface area contributed by atoms with Crippen LogP contribution in [0.5, 0.6) is 0 Å². The lowest BCUT2D eigenvalue weighted by molar-refractivity contribution is -0.113. The molecule has 8 nitrogen and oxygen atoms in total. The second-order valence-corrected chi connectivity index (χ2v) is 8.94. The van der Waals surface area contributed by atoms with E-state index in [0.29, 0.717) is 23.0 Å². The molecule has 3 aromatic rings. The van der Waals surface area contributed by atoms with Gasteiger partial charge in [0.15, 0.2) is 0 Å². The fraction of sp³-hybridized carbons (Fsp3) is 0.300. The number of nitrogens with one attached hydrogen (secondary N) is 4. The fourth-order valence-electron chi connectivity index (χ4n) is 3.38. The van der Waals surface area contributed by atoms with Crippen LogP contribution in [0.3, 0.4) is 0 Å². The lowest BCUT2D eigenvalue weighted by Gasteiger charge is -2.07. The summed E-state index contributed by atoms with van der Waals surface area (Å²) in [6.45, 7) is 0. The van der Waals surface area contributed by atoms with Crippen molar-refractivity contribution in [1.82, 2.24) is 15.3 Å². The maximum atomic E-state index is 12.5. The molecule has 4 N–H and O–H groups in total. The highest BCUT2D eigenvalue weighted by atomic mass is 32.2. The van der Waals surface area contributed by atoms with Crippen molar-refractivity contribution in [1.29, 1.82) is 0 Å². The summed E-state index contributed by atoms with van der Waals surface area (Å²) in [6, 6.07) is 6.55. The van der Waals surface area contributed by atoms with Crippen molar-refractivity contribution in [2.45, 2.75) is 25.0 Å². The van der Waals surface area contributed by atoms with Gasteiger partial charge in [-0.05, 0) is 49.1 Å². The molecule has 0 spiro atoms. The summed E-state index contributed by atoms with van der Waals surface area (Å²) in [5.74, 6) is 1.14. The summed E-state index contributed by atoms with van der Waals surface area (Å²) in [5, 5.41) is 8.68. The molecule has 1 aliphatic rings. The van der Waals surface area contributed by atoms with Crippen molar-refractivity contribution < 1.29 is 9.59 Å². The first-order valence-corrected chi connectivity index (χ1v) is 11.5. The van der Waals surface area contributed by atoms with Crippen LogP contribution in [0.2, 0.25) is 0 Å². The number of thioether (sulfide) groups is 1. The van der Waals surface area contributed by atoms with E-state index in [0.717, 1.165) is 29.5 Å². The number of carbonyl (C=O) groups is 2. The number of H-pyrrole nitrogens is 1. The maximum Gasteiger partial charge on any atom is 0.318 e. The van der Waals surface area contributed by atoms with Crippen LogP contribution in [0.25, 0.3) is 10.2 Å². The van der Waals surface area contributed by atoms with Gasteiger partial charge in [0.2, 0.25) is 5.91 Å². The molecule has 0 saturated heterocycles. The molecule has 0 saturated carbocycles. The zero-order valence-electron chi connectivity index (χ0n) is 16.3.